The maximum atomic E-state index is 11.9. The third kappa shape index (κ3) is 3.54. The van der Waals surface area contributed by atoms with Gasteiger partial charge in [0.25, 0.3) is 0 Å². The number of nitrogens with zero attached hydrogens (tertiary/aromatic N) is 1. The van der Waals surface area contributed by atoms with Gasteiger partial charge in [0, 0.05) is 16.4 Å². The van der Waals surface area contributed by atoms with Crippen LogP contribution in [0.4, 0.5) is 5.69 Å². The number of aromatic nitrogens is 1. The Morgan fingerprint density at radius 3 is 2.58 bits per heavy atom. The van der Waals surface area contributed by atoms with Gasteiger partial charge in [-0.15, -0.1) is 0 Å². The zero-order valence-corrected chi connectivity index (χ0v) is 11.9. The van der Waals surface area contributed by atoms with E-state index in [1.807, 2.05) is 36.4 Å². The van der Waals surface area contributed by atoms with Crippen LogP contribution in [-0.2, 0) is 9.53 Å². The highest BCUT2D eigenvalue weighted by Gasteiger charge is 2.22. The van der Waals surface area contributed by atoms with Crippen molar-refractivity contribution in [3.05, 3.63) is 58.8 Å². The Hall–Kier alpha value is -1.88. The average Bonchev–Trinajstić information content (AvgIpc) is 2.46. The van der Waals surface area contributed by atoms with Gasteiger partial charge in [0.2, 0.25) is 0 Å². The van der Waals surface area contributed by atoms with Crippen LogP contribution in [0.3, 0.4) is 0 Å². The van der Waals surface area contributed by atoms with Gasteiger partial charge in [0.1, 0.15) is 0 Å². The van der Waals surface area contributed by atoms with Crippen molar-refractivity contribution in [2.45, 2.75) is 6.04 Å². The number of nitrogens with one attached hydrogen (secondary N) is 1. The van der Waals surface area contributed by atoms with Crippen LogP contribution in [0.2, 0.25) is 0 Å². The second-order valence-electron chi connectivity index (χ2n) is 3.87. The first-order valence-corrected chi connectivity index (χ1v) is 6.51. The quantitative estimate of drug-likeness (QED) is 0.879. The Balaban J connectivity index is 2.26. The fraction of sp³-hybridized carbons (Fsp3) is 0.143. The molecule has 2 aromatic rings. The molecule has 0 aliphatic carbocycles. The topological polar surface area (TPSA) is 51.2 Å². The van der Waals surface area contributed by atoms with Crippen LogP contribution in [0, 0.1) is 0 Å². The van der Waals surface area contributed by atoms with Gasteiger partial charge < -0.3 is 10.1 Å². The van der Waals surface area contributed by atoms with Crippen molar-refractivity contribution >= 4 is 27.6 Å². The summed E-state index contributed by atoms with van der Waals surface area (Å²) in [6.07, 6.45) is 1.65. The Bertz CT molecular complexity index is 543. The number of hydrogen-bond acceptors (Lipinski definition) is 4. The van der Waals surface area contributed by atoms with E-state index in [4.69, 9.17) is 4.74 Å². The molecule has 2 rings (SSSR count). The third-order valence-corrected chi connectivity index (χ3v) is 3.04. The zero-order valence-electron chi connectivity index (χ0n) is 10.3. The highest BCUT2D eigenvalue weighted by atomic mass is 79.9. The molecule has 1 aromatic carbocycles. The van der Waals surface area contributed by atoms with Gasteiger partial charge in [-0.1, -0.05) is 18.2 Å². The molecule has 0 saturated heterocycles. The molecule has 1 aromatic heterocycles. The van der Waals surface area contributed by atoms with Crippen LogP contribution >= 0.6 is 15.9 Å². The summed E-state index contributed by atoms with van der Waals surface area (Å²) >= 11 is 3.32. The van der Waals surface area contributed by atoms with E-state index in [2.05, 4.69) is 26.2 Å². The Morgan fingerprint density at radius 2 is 2.00 bits per heavy atom. The Labute approximate surface area is 119 Å². The number of para-hydroxylation sites is 1. The maximum absolute atomic E-state index is 11.9. The van der Waals surface area contributed by atoms with E-state index in [-0.39, 0.29) is 5.97 Å². The summed E-state index contributed by atoms with van der Waals surface area (Å²) < 4.78 is 5.68. The predicted octanol–water partition coefficient (Wildman–Crippen LogP) is 3.17. The summed E-state index contributed by atoms with van der Waals surface area (Å²) in [7, 11) is 1.36. The number of rotatable bonds is 4. The third-order valence-electron chi connectivity index (χ3n) is 2.57. The Morgan fingerprint density at radius 1 is 1.26 bits per heavy atom. The average molecular weight is 321 g/mol. The molecule has 19 heavy (non-hydrogen) atoms. The van der Waals surface area contributed by atoms with E-state index in [0.717, 1.165) is 10.2 Å². The molecule has 0 spiro atoms. The molecule has 1 unspecified atom stereocenters. The van der Waals surface area contributed by atoms with Crippen LogP contribution in [0.5, 0.6) is 0 Å². The van der Waals surface area contributed by atoms with E-state index < -0.39 is 6.04 Å². The fourth-order valence-electron chi connectivity index (χ4n) is 1.63. The van der Waals surface area contributed by atoms with Crippen molar-refractivity contribution in [2.24, 2.45) is 0 Å². The summed E-state index contributed by atoms with van der Waals surface area (Å²) in [5, 5.41) is 3.11. The monoisotopic (exact) mass is 320 g/mol. The van der Waals surface area contributed by atoms with E-state index in [1.54, 1.807) is 12.3 Å². The second-order valence-corrected chi connectivity index (χ2v) is 4.78. The summed E-state index contributed by atoms with van der Waals surface area (Å²) in [6, 6.07) is 12.5. The van der Waals surface area contributed by atoms with E-state index in [0.29, 0.717) is 5.69 Å². The highest BCUT2D eigenvalue weighted by Crippen LogP contribution is 2.20. The summed E-state index contributed by atoms with van der Waals surface area (Å²) in [6.45, 7) is 0. The molecule has 0 fully saturated rings. The van der Waals surface area contributed by atoms with Crippen LogP contribution in [0.15, 0.2) is 53.1 Å². The number of halogens is 1. The molecule has 0 saturated carbocycles. The van der Waals surface area contributed by atoms with Gasteiger partial charge in [-0.2, -0.15) is 0 Å². The number of esters is 1. The van der Waals surface area contributed by atoms with Crippen molar-refractivity contribution in [1.82, 2.24) is 4.98 Å². The summed E-state index contributed by atoms with van der Waals surface area (Å²) in [4.78, 5) is 16.1. The summed E-state index contributed by atoms with van der Waals surface area (Å²) in [5.74, 6) is -0.376. The van der Waals surface area contributed by atoms with Crippen LogP contribution in [-0.4, -0.2) is 18.1 Å². The lowest BCUT2D eigenvalue weighted by atomic mass is 10.1. The molecule has 4 nitrogen and oxygen atoms in total. The molecular weight excluding hydrogens is 308 g/mol. The highest BCUT2D eigenvalue weighted by molar-refractivity contribution is 9.10. The largest absolute Gasteiger partial charge is 0.467 e. The molecule has 0 amide bonds. The van der Waals surface area contributed by atoms with Gasteiger partial charge >= 0.3 is 5.97 Å². The molecule has 1 heterocycles. The van der Waals surface area contributed by atoms with E-state index in [1.165, 1.54) is 7.11 Å². The lowest BCUT2D eigenvalue weighted by molar-refractivity contribution is -0.141. The molecule has 1 atom stereocenters. The molecule has 0 aliphatic rings. The van der Waals surface area contributed by atoms with Crippen LogP contribution in [0.25, 0.3) is 0 Å². The molecule has 0 aliphatic heterocycles. The molecule has 1 N–H and O–H groups in total. The van der Waals surface area contributed by atoms with Gasteiger partial charge in [-0.25, -0.2) is 4.79 Å². The predicted molar refractivity (Wildman–Crippen MR) is 76.8 cm³/mol. The lowest BCUT2D eigenvalue weighted by Gasteiger charge is -2.17. The number of benzene rings is 1. The number of methoxy groups -OCH3 is 1. The first-order chi connectivity index (χ1) is 9.20. The minimum atomic E-state index is -0.625. The first-order valence-electron chi connectivity index (χ1n) is 5.71. The van der Waals surface area contributed by atoms with Crippen LogP contribution < -0.4 is 5.32 Å². The molecule has 98 valence electrons. The molecule has 5 heteroatoms. The SMILES string of the molecule is COC(=O)C(Nc1ccccc1)c1ccc(Br)cn1. The minimum Gasteiger partial charge on any atom is -0.467 e. The van der Waals surface area contributed by atoms with Gasteiger partial charge in [-0.3, -0.25) is 4.98 Å². The minimum absolute atomic E-state index is 0.376. The van der Waals surface area contributed by atoms with E-state index >= 15 is 0 Å². The number of ether oxygens (including phenoxy) is 1. The molecule has 0 bridgehead atoms. The second kappa shape index (κ2) is 6.33. The number of hydrogen-bond donors (Lipinski definition) is 1. The molecular formula is C14H13BrN2O2. The number of anilines is 1. The van der Waals surface area contributed by atoms with Gasteiger partial charge in [0.15, 0.2) is 6.04 Å². The van der Waals surface area contributed by atoms with E-state index in [9.17, 15) is 4.79 Å². The zero-order chi connectivity index (χ0) is 13.7. The summed E-state index contributed by atoms with van der Waals surface area (Å²) in [5.41, 5.74) is 1.45. The van der Waals surface area contributed by atoms with Crippen molar-refractivity contribution in [2.75, 3.05) is 12.4 Å². The standard InChI is InChI=1S/C14H13BrN2O2/c1-19-14(18)13(12-8-7-10(15)9-16-12)17-11-5-3-2-4-6-11/h2-9,13,17H,1H3. The number of pyridine rings is 1. The first kappa shape index (κ1) is 13.5. The fourth-order valence-corrected chi connectivity index (χ4v) is 1.87. The lowest BCUT2D eigenvalue weighted by Crippen LogP contribution is -2.23. The van der Waals surface area contributed by atoms with Crippen molar-refractivity contribution in [1.29, 1.82) is 0 Å². The van der Waals surface area contributed by atoms with Crippen molar-refractivity contribution in [3.63, 3.8) is 0 Å². The molecule has 0 radical (unpaired) electrons. The van der Waals surface area contributed by atoms with Crippen LogP contribution in [0.1, 0.15) is 11.7 Å². The maximum Gasteiger partial charge on any atom is 0.334 e. The van der Waals surface area contributed by atoms with Crippen molar-refractivity contribution in [3.8, 4) is 0 Å². The smallest absolute Gasteiger partial charge is 0.334 e. The Kier molecular flexibility index (Phi) is 4.52. The van der Waals surface area contributed by atoms with Gasteiger partial charge in [-0.05, 0) is 40.2 Å². The number of carbonyl (C=O) groups is 1. The van der Waals surface area contributed by atoms with Gasteiger partial charge in [0.05, 0.1) is 12.8 Å². The number of carbonyl (C=O) groups excluding carboxylic acids is 1. The normalized spacial score (nSPS) is 11.7. The van der Waals surface area contributed by atoms with Crippen molar-refractivity contribution < 1.29 is 9.53 Å².